The molecule has 0 saturated carbocycles. The maximum Gasteiger partial charge on any atom is 0.228 e. The summed E-state index contributed by atoms with van der Waals surface area (Å²) in [5, 5.41) is 2.83. The van der Waals surface area contributed by atoms with Crippen LogP contribution in [0.2, 0.25) is 0 Å². The SMILES string of the molecule is CCNC(=O)C(C)(COC)C(C)C. The second-order valence-corrected chi connectivity index (χ2v) is 3.86. The highest BCUT2D eigenvalue weighted by molar-refractivity contribution is 5.82. The predicted octanol–water partition coefficient (Wildman–Crippen LogP) is 1.43. The molecule has 0 spiro atoms. The molecule has 1 amide bonds. The third-order valence-corrected chi connectivity index (χ3v) is 2.57. The van der Waals surface area contributed by atoms with Gasteiger partial charge in [-0.05, 0) is 19.8 Å². The topological polar surface area (TPSA) is 38.3 Å². The highest BCUT2D eigenvalue weighted by Gasteiger charge is 2.36. The number of rotatable bonds is 5. The minimum Gasteiger partial charge on any atom is -0.384 e. The summed E-state index contributed by atoms with van der Waals surface area (Å²) >= 11 is 0. The molecule has 1 N–H and O–H groups in total. The number of hydrogen-bond donors (Lipinski definition) is 1. The van der Waals surface area contributed by atoms with Crippen LogP contribution < -0.4 is 5.32 Å². The number of nitrogens with one attached hydrogen (secondary N) is 1. The van der Waals surface area contributed by atoms with Crippen LogP contribution in [0.1, 0.15) is 27.7 Å². The van der Waals surface area contributed by atoms with E-state index in [9.17, 15) is 4.79 Å². The molecule has 0 aliphatic carbocycles. The second kappa shape index (κ2) is 5.22. The first-order valence-electron chi connectivity index (χ1n) is 4.76. The van der Waals surface area contributed by atoms with Crippen LogP contribution in [0.4, 0.5) is 0 Å². The van der Waals surface area contributed by atoms with Crippen LogP contribution in [0.3, 0.4) is 0 Å². The lowest BCUT2D eigenvalue weighted by Crippen LogP contribution is -2.45. The first-order valence-corrected chi connectivity index (χ1v) is 4.76. The monoisotopic (exact) mass is 187 g/mol. The zero-order chi connectivity index (χ0) is 10.5. The molecule has 1 atom stereocenters. The lowest BCUT2D eigenvalue weighted by atomic mass is 9.79. The zero-order valence-corrected chi connectivity index (χ0v) is 9.31. The molecule has 3 heteroatoms. The number of ether oxygens (including phenoxy) is 1. The standard InChI is InChI=1S/C10H21NO2/c1-6-11-9(12)10(4,7-13-5)8(2)3/h8H,6-7H2,1-5H3,(H,11,12). The smallest absolute Gasteiger partial charge is 0.228 e. The van der Waals surface area contributed by atoms with Crippen LogP contribution >= 0.6 is 0 Å². The first kappa shape index (κ1) is 12.4. The van der Waals surface area contributed by atoms with E-state index in [0.29, 0.717) is 13.2 Å². The average molecular weight is 187 g/mol. The number of carbonyl (C=O) groups excluding carboxylic acids is 1. The van der Waals surface area contributed by atoms with Crippen molar-refractivity contribution in [1.29, 1.82) is 0 Å². The van der Waals surface area contributed by atoms with Gasteiger partial charge < -0.3 is 10.1 Å². The Hall–Kier alpha value is -0.570. The number of hydrogen-bond acceptors (Lipinski definition) is 2. The molecule has 0 fully saturated rings. The van der Waals surface area contributed by atoms with Gasteiger partial charge in [-0.3, -0.25) is 4.79 Å². The molecule has 0 rings (SSSR count). The lowest BCUT2D eigenvalue weighted by Gasteiger charge is -2.31. The Bertz CT molecular complexity index is 168. The second-order valence-electron chi connectivity index (χ2n) is 3.86. The largest absolute Gasteiger partial charge is 0.384 e. The fraction of sp³-hybridized carbons (Fsp3) is 0.900. The normalized spacial score (nSPS) is 15.5. The van der Waals surface area contributed by atoms with Gasteiger partial charge in [-0.25, -0.2) is 0 Å². The summed E-state index contributed by atoms with van der Waals surface area (Å²) in [6, 6.07) is 0. The molecular formula is C10H21NO2. The van der Waals surface area contributed by atoms with Crippen molar-refractivity contribution < 1.29 is 9.53 Å². The molecule has 0 aliphatic heterocycles. The van der Waals surface area contributed by atoms with Crippen molar-refractivity contribution in [2.24, 2.45) is 11.3 Å². The molecule has 0 heterocycles. The van der Waals surface area contributed by atoms with Crippen LogP contribution in [0.25, 0.3) is 0 Å². The van der Waals surface area contributed by atoms with Crippen molar-refractivity contribution >= 4 is 5.91 Å². The van der Waals surface area contributed by atoms with E-state index in [1.165, 1.54) is 0 Å². The molecule has 78 valence electrons. The maximum atomic E-state index is 11.7. The Morgan fingerprint density at radius 2 is 2.08 bits per heavy atom. The summed E-state index contributed by atoms with van der Waals surface area (Å²) in [7, 11) is 1.62. The predicted molar refractivity (Wildman–Crippen MR) is 53.5 cm³/mol. The third kappa shape index (κ3) is 2.99. The van der Waals surface area contributed by atoms with Crippen molar-refractivity contribution in [1.82, 2.24) is 5.32 Å². The molecule has 13 heavy (non-hydrogen) atoms. The molecule has 0 radical (unpaired) electrons. The van der Waals surface area contributed by atoms with Gasteiger partial charge in [-0.1, -0.05) is 13.8 Å². The minimum atomic E-state index is -0.412. The van der Waals surface area contributed by atoms with Gasteiger partial charge in [-0.2, -0.15) is 0 Å². The van der Waals surface area contributed by atoms with E-state index in [-0.39, 0.29) is 11.8 Å². The molecule has 0 aromatic rings. The van der Waals surface area contributed by atoms with Crippen LogP contribution in [-0.4, -0.2) is 26.2 Å². The van der Waals surface area contributed by atoms with Gasteiger partial charge in [0.1, 0.15) is 0 Å². The van der Waals surface area contributed by atoms with E-state index >= 15 is 0 Å². The summed E-state index contributed by atoms with van der Waals surface area (Å²) < 4.78 is 5.07. The number of methoxy groups -OCH3 is 1. The highest BCUT2D eigenvalue weighted by Crippen LogP contribution is 2.27. The highest BCUT2D eigenvalue weighted by atomic mass is 16.5. The fourth-order valence-electron chi connectivity index (χ4n) is 1.16. The van der Waals surface area contributed by atoms with Crippen LogP contribution in [0.15, 0.2) is 0 Å². The van der Waals surface area contributed by atoms with Gasteiger partial charge in [0.25, 0.3) is 0 Å². The van der Waals surface area contributed by atoms with Crippen molar-refractivity contribution in [3.63, 3.8) is 0 Å². The van der Waals surface area contributed by atoms with Gasteiger partial charge in [0.05, 0.1) is 12.0 Å². The quantitative estimate of drug-likeness (QED) is 0.707. The fourth-order valence-corrected chi connectivity index (χ4v) is 1.16. The third-order valence-electron chi connectivity index (χ3n) is 2.57. The van der Waals surface area contributed by atoms with Gasteiger partial charge in [-0.15, -0.1) is 0 Å². The van der Waals surface area contributed by atoms with E-state index < -0.39 is 5.41 Å². The Morgan fingerprint density at radius 3 is 2.38 bits per heavy atom. The van der Waals surface area contributed by atoms with Crippen molar-refractivity contribution in [3.05, 3.63) is 0 Å². The number of carbonyl (C=O) groups is 1. The first-order chi connectivity index (χ1) is 5.99. The van der Waals surface area contributed by atoms with E-state index in [2.05, 4.69) is 5.32 Å². The van der Waals surface area contributed by atoms with Crippen molar-refractivity contribution in [3.8, 4) is 0 Å². The molecule has 0 saturated heterocycles. The van der Waals surface area contributed by atoms with Gasteiger partial charge >= 0.3 is 0 Å². The van der Waals surface area contributed by atoms with E-state index in [1.54, 1.807) is 7.11 Å². The maximum absolute atomic E-state index is 11.7. The molecule has 1 unspecified atom stereocenters. The lowest BCUT2D eigenvalue weighted by molar-refractivity contribution is -0.135. The Balaban J connectivity index is 4.47. The zero-order valence-electron chi connectivity index (χ0n) is 9.31. The summed E-state index contributed by atoms with van der Waals surface area (Å²) in [6.45, 7) is 9.07. The van der Waals surface area contributed by atoms with Crippen LogP contribution in [0, 0.1) is 11.3 Å². The molecule has 0 aromatic heterocycles. The summed E-state index contributed by atoms with van der Waals surface area (Å²) in [6.07, 6.45) is 0. The summed E-state index contributed by atoms with van der Waals surface area (Å²) in [5.74, 6) is 0.353. The van der Waals surface area contributed by atoms with Gasteiger partial charge in [0.15, 0.2) is 0 Å². The molecule has 0 bridgehead atoms. The summed E-state index contributed by atoms with van der Waals surface area (Å²) in [5.41, 5.74) is -0.412. The van der Waals surface area contributed by atoms with E-state index in [4.69, 9.17) is 4.74 Å². The summed E-state index contributed by atoms with van der Waals surface area (Å²) in [4.78, 5) is 11.7. The minimum absolute atomic E-state index is 0.0758. The van der Waals surface area contributed by atoms with Crippen molar-refractivity contribution in [2.75, 3.05) is 20.3 Å². The Morgan fingerprint density at radius 1 is 1.54 bits per heavy atom. The number of amides is 1. The van der Waals surface area contributed by atoms with Crippen molar-refractivity contribution in [2.45, 2.75) is 27.7 Å². The average Bonchev–Trinajstić information content (AvgIpc) is 2.04. The van der Waals surface area contributed by atoms with Gasteiger partial charge in [0, 0.05) is 13.7 Å². The Kier molecular flexibility index (Phi) is 4.99. The van der Waals surface area contributed by atoms with Gasteiger partial charge in [0.2, 0.25) is 5.91 Å². The molecule has 3 nitrogen and oxygen atoms in total. The molecule has 0 aromatic carbocycles. The molecular weight excluding hydrogens is 166 g/mol. The van der Waals surface area contributed by atoms with Crippen LogP contribution in [-0.2, 0) is 9.53 Å². The van der Waals surface area contributed by atoms with E-state index in [0.717, 1.165) is 0 Å². The van der Waals surface area contributed by atoms with Crippen LogP contribution in [0.5, 0.6) is 0 Å². The molecule has 0 aliphatic rings. The Labute approximate surface area is 80.8 Å². The van der Waals surface area contributed by atoms with E-state index in [1.807, 2.05) is 27.7 Å².